The molecule has 5 nitrogen and oxygen atoms in total. The number of nitrogens with zero attached hydrogens (tertiary/aromatic N) is 1. The summed E-state index contributed by atoms with van der Waals surface area (Å²) in [6.07, 6.45) is 1.57. The number of aliphatic hydroxyl groups is 1. The predicted molar refractivity (Wildman–Crippen MR) is 114 cm³/mol. The van der Waals surface area contributed by atoms with Crippen LogP contribution in [0.5, 0.6) is 0 Å². The molecule has 2 saturated heterocycles. The van der Waals surface area contributed by atoms with Crippen molar-refractivity contribution in [1.29, 1.82) is 0 Å². The minimum atomic E-state index is -1.69. The Morgan fingerprint density at radius 2 is 1.50 bits per heavy atom. The van der Waals surface area contributed by atoms with Gasteiger partial charge < -0.3 is 10.0 Å². The molecule has 160 valence electrons. The summed E-state index contributed by atoms with van der Waals surface area (Å²) < 4.78 is 0. The van der Waals surface area contributed by atoms with E-state index < -0.39 is 22.3 Å². The monoisotopic (exact) mass is 409 g/mol. The molecule has 30 heavy (non-hydrogen) atoms. The lowest BCUT2D eigenvalue weighted by molar-refractivity contribution is -0.503. The molecule has 0 bridgehead atoms. The molecule has 0 aromatic heterocycles. The molecular formula is C25H31NO4. The normalized spacial score (nSPS) is 28.4. The largest absolute Gasteiger partial charge is 0.361 e. The number of hydrogen-bond acceptors (Lipinski definition) is 4. The molecule has 2 heterocycles. The summed E-state index contributed by atoms with van der Waals surface area (Å²) in [5.41, 5.74) is -0.727. The van der Waals surface area contributed by atoms with Crippen LogP contribution in [0, 0.1) is 5.41 Å². The van der Waals surface area contributed by atoms with Gasteiger partial charge >= 0.3 is 0 Å². The number of amides is 1. The second kappa shape index (κ2) is 7.19. The second-order valence-electron chi connectivity index (χ2n) is 9.58. The molecule has 0 saturated carbocycles. The van der Waals surface area contributed by atoms with Crippen molar-refractivity contribution < 1.29 is 19.7 Å². The van der Waals surface area contributed by atoms with E-state index in [9.17, 15) is 9.90 Å². The van der Waals surface area contributed by atoms with E-state index in [0.29, 0.717) is 12.8 Å². The number of β-amino-alcohol motifs (C(OH)–C–C–N with tert-alkyl or cyclic N) is 1. The van der Waals surface area contributed by atoms with E-state index in [1.54, 1.807) is 4.90 Å². The van der Waals surface area contributed by atoms with Crippen LogP contribution in [0.3, 0.4) is 0 Å². The number of rotatable bonds is 4. The van der Waals surface area contributed by atoms with Gasteiger partial charge in [-0.2, -0.15) is 4.89 Å². The van der Waals surface area contributed by atoms with E-state index >= 15 is 0 Å². The molecule has 2 aliphatic rings. The molecule has 0 aliphatic carbocycles. The lowest BCUT2D eigenvalue weighted by Gasteiger charge is -2.50. The summed E-state index contributed by atoms with van der Waals surface area (Å²) in [6.45, 7) is 8.06. The Bertz CT molecular complexity index is 868. The molecule has 2 fully saturated rings. The van der Waals surface area contributed by atoms with Crippen LogP contribution in [0.2, 0.25) is 0 Å². The average Bonchev–Trinajstić information content (AvgIpc) is 2.97. The standard InChI is InChI=1S/C25H31NO4/c1-5-16-23-17-24(19-12-8-6-9-13-19,20-14-10-7-11-15-20)29-30-25(23,28)18-26(21(23)27)22(2,3)4/h6-15,28H,5,16-18H2,1-4H3. The van der Waals surface area contributed by atoms with Gasteiger partial charge in [-0.25, -0.2) is 4.89 Å². The minimum Gasteiger partial charge on any atom is -0.361 e. The summed E-state index contributed by atoms with van der Waals surface area (Å²) in [5.74, 6) is -1.76. The van der Waals surface area contributed by atoms with Crippen molar-refractivity contribution in [2.45, 2.75) is 63.9 Å². The van der Waals surface area contributed by atoms with E-state index in [1.807, 2.05) is 88.4 Å². The van der Waals surface area contributed by atoms with Crippen molar-refractivity contribution in [3.63, 3.8) is 0 Å². The maximum absolute atomic E-state index is 13.9. The molecule has 1 N–H and O–H groups in total. The fourth-order valence-electron chi connectivity index (χ4n) is 5.02. The van der Waals surface area contributed by atoms with Gasteiger partial charge in [0, 0.05) is 12.0 Å². The van der Waals surface area contributed by atoms with Crippen LogP contribution in [0.1, 0.15) is 58.1 Å². The zero-order chi connectivity index (χ0) is 21.6. The number of fused-ring (bicyclic) bond motifs is 1. The Morgan fingerprint density at radius 3 is 1.97 bits per heavy atom. The van der Waals surface area contributed by atoms with Gasteiger partial charge in [-0.05, 0) is 38.3 Å². The zero-order valence-electron chi connectivity index (χ0n) is 18.2. The molecule has 0 spiro atoms. The molecule has 1 amide bonds. The molecule has 4 rings (SSSR count). The minimum absolute atomic E-state index is 0.0705. The molecule has 0 radical (unpaired) electrons. The van der Waals surface area contributed by atoms with E-state index in [0.717, 1.165) is 17.5 Å². The maximum atomic E-state index is 13.9. The first-order chi connectivity index (χ1) is 14.2. The highest BCUT2D eigenvalue weighted by molar-refractivity contribution is 5.87. The predicted octanol–water partition coefficient (Wildman–Crippen LogP) is 4.40. The molecular weight excluding hydrogens is 378 g/mol. The van der Waals surface area contributed by atoms with Crippen LogP contribution < -0.4 is 0 Å². The Morgan fingerprint density at radius 1 is 0.967 bits per heavy atom. The first-order valence-corrected chi connectivity index (χ1v) is 10.7. The van der Waals surface area contributed by atoms with Gasteiger partial charge in [0.15, 0.2) is 5.60 Å². The molecule has 2 atom stereocenters. The summed E-state index contributed by atoms with van der Waals surface area (Å²) in [4.78, 5) is 27.6. The Hall–Kier alpha value is -2.21. The summed E-state index contributed by atoms with van der Waals surface area (Å²) >= 11 is 0. The Balaban J connectivity index is 1.90. The van der Waals surface area contributed by atoms with Crippen LogP contribution in [-0.4, -0.2) is 33.8 Å². The van der Waals surface area contributed by atoms with E-state index in [1.165, 1.54) is 0 Å². The van der Waals surface area contributed by atoms with Gasteiger partial charge in [0.1, 0.15) is 5.41 Å². The fraction of sp³-hybridized carbons (Fsp3) is 0.480. The molecule has 2 aliphatic heterocycles. The number of benzene rings is 2. The smallest absolute Gasteiger partial charge is 0.235 e. The molecule has 5 heteroatoms. The van der Waals surface area contributed by atoms with Crippen LogP contribution >= 0.6 is 0 Å². The van der Waals surface area contributed by atoms with Gasteiger partial charge in [-0.3, -0.25) is 4.79 Å². The van der Waals surface area contributed by atoms with Crippen molar-refractivity contribution in [2.24, 2.45) is 5.41 Å². The van der Waals surface area contributed by atoms with Gasteiger partial charge in [0.25, 0.3) is 0 Å². The second-order valence-corrected chi connectivity index (χ2v) is 9.58. The SMILES string of the molecule is CCCC12CC(c3ccccc3)(c3ccccc3)OOC1(O)CN(C(C)(C)C)C2=O. The van der Waals surface area contributed by atoms with E-state index in [2.05, 4.69) is 0 Å². The highest BCUT2D eigenvalue weighted by Gasteiger charge is 2.71. The number of carbonyl (C=O) groups excluding carboxylic acids is 1. The van der Waals surface area contributed by atoms with Crippen LogP contribution in [0.4, 0.5) is 0 Å². The third kappa shape index (κ3) is 2.99. The van der Waals surface area contributed by atoms with E-state index in [-0.39, 0.29) is 12.5 Å². The summed E-state index contributed by atoms with van der Waals surface area (Å²) in [7, 11) is 0. The van der Waals surface area contributed by atoms with Crippen molar-refractivity contribution in [3.8, 4) is 0 Å². The highest BCUT2D eigenvalue weighted by Crippen LogP contribution is 2.59. The van der Waals surface area contributed by atoms with Gasteiger partial charge in [-0.1, -0.05) is 74.0 Å². The van der Waals surface area contributed by atoms with Gasteiger partial charge in [-0.15, -0.1) is 0 Å². The average molecular weight is 410 g/mol. The molecule has 2 unspecified atom stereocenters. The summed E-state index contributed by atoms with van der Waals surface area (Å²) in [5, 5.41) is 11.6. The quantitative estimate of drug-likeness (QED) is 0.761. The maximum Gasteiger partial charge on any atom is 0.235 e. The number of hydrogen-bond donors (Lipinski definition) is 1. The van der Waals surface area contributed by atoms with Gasteiger partial charge in [0.05, 0.1) is 6.54 Å². The van der Waals surface area contributed by atoms with Crippen molar-refractivity contribution >= 4 is 5.91 Å². The van der Waals surface area contributed by atoms with Crippen LogP contribution in [-0.2, 0) is 20.2 Å². The van der Waals surface area contributed by atoms with Crippen molar-refractivity contribution in [2.75, 3.05) is 6.54 Å². The first-order valence-electron chi connectivity index (χ1n) is 10.7. The third-order valence-corrected chi connectivity index (χ3v) is 6.61. The van der Waals surface area contributed by atoms with Crippen molar-refractivity contribution in [3.05, 3.63) is 71.8 Å². The zero-order valence-corrected chi connectivity index (χ0v) is 18.2. The number of likely N-dealkylation sites (tertiary alicyclic amines) is 1. The highest BCUT2D eigenvalue weighted by atomic mass is 17.2. The molecule has 2 aromatic rings. The lowest BCUT2D eigenvalue weighted by Crippen LogP contribution is -2.60. The van der Waals surface area contributed by atoms with Crippen LogP contribution in [0.25, 0.3) is 0 Å². The number of carbonyl (C=O) groups is 1. The first kappa shape index (κ1) is 21.0. The van der Waals surface area contributed by atoms with E-state index in [4.69, 9.17) is 9.78 Å². The molecule has 2 aromatic carbocycles. The van der Waals surface area contributed by atoms with Crippen molar-refractivity contribution in [1.82, 2.24) is 4.90 Å². The van der Waals surface area contributed by atoms with Crippen LogP contribution in [0.15, 0.2) is 60.7 Å². The third-order valence-electron chi connectivity index (χ3n) is 6.61. The lowest BCUT2D eigenvalue weighted by atomic mass is 9.65. The Kier molecular flexibility index (Phi) is 5.04. The fourth-order valence-corrected chi connectivity index (χ4v) is 5.02. The van der Waals surface area contributed by atoms with Gasteiger partial charge in [0.2, 0.25) is 11.7 Å². The Labute approximate surface area is 178 Å². The topological polar surface area (TPSA) is 59.0 Å². The summed E-state index contributed by atoms with van der Waals surface area (Å²) in [6, 6.07) is 19.7.